The maximum Gasteiger partial charge on any atom is 0.494 e. The van der Waals surface area contributed by atoms with Crippen LogP contribution < -0.4 is 10.9 Å². The highest BCUT2D eigenvalue weighted by Gasteiger charge is 2.53. The minimum absolute atomic E-state index is 0.0541. The van der Waals surface area contributed by atoms with E-state index in [1.807, 2.05) is 145 Å². The van der Waals surface area contributed by atoms with E-state index in [4.69, 9.17) is 28.1 Å². The van der Waals surface area contributed by atoms with Crippen LogP contribution in [0.15, 0.2) is 48.5 Å². The fraction of sp³-hybridized carbons (Fsp3) is 0.682. The van der Waals surface area contributed by atoms with Gasteiger partial charge in [0.1, 0.15) is 23.5 Å². The lowest BCUT2D eigenvalue weighted by molar-refractivity contribution is 0.00578. The molecule has 4 heterocycles. The molecule has 0 N–H and O–H groups in total. The maximum absolute atomic E-state index is 14.9. The molecule has 6 rings (SSSR count). The van der Waals surface area contributed by atoms with Gasteiger partial charge in [-0.1, -0.05) is 48.5 Å². The van der Waals surface area contributed by atoms with E-state index in [0.717, 1.165) is 22.1 Å². The van der Waals surface area contributed by atoms with Gasteiger partial charge < -0.3 is 37.9 Å². The Bertz CT molecular complexity index is 1580. The Kier molecular flexibility index (Phi) is 13.2. The largest absolute Gasteiger partial charge is 0.494 e. The minimum Gasteiger partial charge on any atom is -0.444 e. The van der Waals surface area contributed by atoms with Gasteiger partial charge in [-0.3, -0.25) is 0 Å². The van der Waals surface area contributed by atoms with Crippen LogP contribution in [0.1, 0.15) is 133 Å². The fourth-order valence-corrected chi connectivity index (χ4v) is 7.30. The first-order valence-electron chi connectivity index (χ1n) is 20.7. The van der Waals surface area contributed by atoms with Crippen molar-refractivity contribution < 1.29 is 46.5 Å². The third-order valence-corrected chi connectivity index (χ3v) is 12.2. The van der Waals surface area contributed by atoms with Crippen LogP contribution in [0.25, 0.3) is 0 Å². The zero-order valence-electron chi connectivity index (χ0n) is 37.2. The molecule has 0 unspecified atom stereocenters. The van der Waals surface area contributed by atoms with Crippen LogP contribution in [0.2, 0.25) is 0 Å². The van der Waals surface area contributed by atoms with Crippen molar-refractivity contribution >= 4 is 37.3 Å². The number of ether oxygens (including phenoxy) is 2. The molecular formula is C44H66B2F2N2O8. The molecule has 0 aliphatic carbocycles. The first-order chi connectivity index (χ1) is 26.6. The molecule has 10 nitrogen and oxygen atoms in total. The van der Waals surface area contributed by atoms with Gasteiger partial charge in [0.2, 0.25) is 0 Å². The van der Waals surface area contributed by atoms with Gasteiger partial charge in [-0.15, -0.1) is 0 Å². The summed E-state index contributed by atoms with van der Waals surface area (Å²) < 4.78 is 64.8. The lowest BCUT2D eigenvalue weighted by Gasteiger charge is -2.35. The van der Waals surface area contributed by atoms with Crippen molar-refractivity contribution in [3.8, 4) is 0 Å². The summed E-state index contributed by atoms with van der Waals surface area (Å²) in [4.78, 5) is 27.3. The molecule has 0 radical (unpaired) electrons. The molecular weight excluding hydrogens is 744 g/mol. The topological polar surface area (TPSA) is 96.0 Å². The Morgan fingerprint density at radius 3 is 1.09 bits per heavy atom. The van der Waals surface area contributed by atoms with Gasteiger partial charge in [-0.05, 0) is 132 Å². The third kappa shape index (κ3) is 10.8. The molecule has 4 aliphatic rings. The zero-order valence-corrected chi connectivity index (χ0v) is 37.2. The summed E-state index contributed by atoms with van der Waals surface area (Å²) in [5.41, 5.74) is 0.978. The first kappa shape index (κ1) is 45.9. The Labute approximate surface area is 346 Å². The van der Waals surface area contributed by atoms with Crippen molar-refractivity contribution in [3.63, 3.8) is 0 Å². The highest BCUT2D eigenvalue weighted by atomic mass is 19.1. The molecule has 0 bridgehead atoms. The quantitative estimate of drug-likeness (QED) is 0.286. The van der Waals surface area contributed by atoms with Crippen molar-refractivity contribution in [1.29, 1.82) is 0 Å². The number of carbonyl (C=O) groups excluding carboxylic acids is 2. The highest BCUT2D eigenvalue weighted by Crippen LogP contribution is 2.38. The lowest BCUT2D eigenvalue weighted by atomic mass is 9.77. The average Bonchev–Trinajstić information content (AvgIpc) is 3.46. The summed E-state index contributed by atoms with van der Waals surface area (Å²) in [7, 11) is -0.853. The normalized spacial score (nSPS) is 26.5. The second-order valence-electron chi connectivity index (χ2n) is 20.2. The van der Waals surface area contributed by atoms with E-state index in [9.17, 15) is 18.4 Å². The number of likely N-dealkylation sites (tertiary alicyclic amines) is 2. The molecule has 2 aromatic carbocycles. The van der Waals surface area contributed by atoms with E-state index in [0.29, 0.717) is 25.9 Å². The number of halogens is 2. The average molecular weight is 811 g/mol. The molecule has 4 atom stereocenters. The number of nitrogens with zero attached hydrogens (tertiary/aromatic N) is 2. The standard InChI is InChI=1S/2C22H33BFNO4/c2*1-20(2,3)27-19(26)25-13-12-17(18(24)14-25)15-8-10-16(11-9-15)23-28-21(4,5)22(6,7)29-23/h2*8-11,17-18H,12-14H2,1-7H3/t2*17-,18+/m10/s1. The van der Waals surface area contributed by atoms with E-state index in [1.54, 1.807) is 0 Å². The predicted octanol–water partition coefficient (Wildman–Crippen LogP) is 8.10. The van der Waals surface area contributed by atoms with E-state index in [2.05, 4.69) is 0 Å². The lowest BCUT2D eigenvalue weighted by Crippen LogP contribution is -2.46. The monoisotopic (exact) mass is 810 g/mol. The van der Waals surface area contributed by atoms with E-state index < -0.39 is 72.4 Å². The Morgan fingerprint density at radius 2 is 0.845 bits per heavy atom. The second kappa shape index (κ2) is 16.7. The predicted molar refractivity (Wildman–Crippen MR) is 224 cm³/mol. The molecule has 2 aromatic rings. The Balaban J connectivity index is 0.000000221. The SMILES string of the molecule is CC(C)(C)OC(=O)N1CC[C@@H](c2ccc(B3OC(C)(C)C(C)(C)O3)cc2)[C@H](F)C1.CC(C)(C)OC(=O)N1CC[C@H](c2ccc(B3OC(C)(C)C(C)(C)O3)cc2)[C@@H](F)C1. The van der Waals surface area contributed by atoms with Crippen LogP contribution in [-0.4, -0.2) is 108 Å². The number of piperidine rings is 2. The minimum atomic E-state index is -1.13. The van der Waals surface area contributed by atoms with Crippen molar-refractivity contribution in [2.45, 2.75) is 168 Å². The van der Waals surface area contributed by atoms with Crippen LogP contribution in [0.3, 0.4) is 0 Å². The third-order valence-electron chi connectivity index (χ3n) is 12.2. The van der Waals surface area contributed by atoms with Crippen LogP contribution >= 0.6 is 0 Å². The molecule has 4 aliphatic heterocycles. The number of rotatable bonds is 4. The smallest absolute Gasteiger partial charge is 0.444 e. The Morgan fingerprint density at radius 1 is 0.569 bits per heavy atom. The molecule has 0 saturated carbocycles. The van der Waals surface area contributed by atoms with Gasteiger partial charge in [-0.2, -0.15) is 0 Å². The van der Waals surface area contributed by atoms with Crippen molar-refractivity contribution in [1.82, 2.24) is 9.80 Å². The van der Waals surface area contributed by atoms with Crippen molar-refractivity contribution in [2.24, 2.45) is 0 Å². The second-order valence-corrected chi connectivity index (χ2v) is 20.2. The van der Waals surface area contributed by atoms with E-state index in [-0.39, 0.29) is 24.9 Å². The zero-order chi connectivity index (χ0) is 43.2. The van der Waals surface area contributed by atoms with Gasteiger partial charge in [-0.25, -0.2) is 18.4 Å². The summed E-state index contributed by atoms with van der Waals surface area (Å²) >= 11 is 0. The summed E-state index contributed by atoms with van der Waals surface area (Å²) in [6.07, 6.45) is -2.02. The summed E-state index contributed by atoms with van der Waals surface area (Å²) in [6, 6.07) is 15.6. The molecule has 58 heavy (non-hydrogen) atoms. The summed E-state index contributed by atoms with van der Waals surface area (Å²) in [5, 5.41) is 0. The number of carbonyl (C=O) groups is 2. The molecule has 2 amide bonds. The van der Waals surface area contributed by atoms with Gasteiger partial charge in [0.05, 0.1) is 35.5 Å². The first-order valence-corrected chi connectivity index (χ1v) is 20.7. The van der Waals surface area contributed by atoms with Crippen LogP contribution in [0.4, 0.5) is 18.4 Å². The number of amides is 2. The molecule has 0 spiro atoms. The van der Waals surface area contributed by atoms with E-state index in [1.165, 1.54) is 9.80 Å². The highest BCUT2D eigenvalue weighted by molar-refractivity contribution is 6.62. The summed E-state index contributed by atoms with van der Waals surface area (Å²) in [5.74, 6) is -0.470. The number of hydrogen-bond donors (Lipinski definition) is 0. The van der Waals surface area contributed by atoms with Gasteiger partial charge in [0, 0.05) is 24.9 Å². The molecule has 14 heteroatoms. The molecule has 4 fully saturated rings. The van der Waals surface area contributed by atoms with Gasteiger partial charge in [0.15, 0.2) is 0 Å². The van der Waals surface area contributed by atoms with Crippen LogP contribution in [0, 0.1) is 0 Å². The number of benzene rings is 2. The molecule has 0 aromatic heterocycles. The van der Waals surface area contributed by atoms with Gasteiger partial charge in [0.25, 0.3) is 0 Å². The van der Waals surface area contributed by atoms with Crippen LogP contribution in [0.5, 0.6) is 0 Å². The van der Waals surface area contributed by atoms with Crippen molar-refractivity contribution in [3.05, 3.63) is 59.7 Å². The number of hydrogen-bond acceptors (Lipinski definition) is 8. The number of alkyl halides is 2. The molecule has 320 valence electrons. The van der Waals surface area contributed by atoms with Crippen molar-refractivity contribution in [2.75, 3.05) is 26.2 Å². The van der Waals surface area contributed by atoms with Crippen LogP contribution in [-0.2, 0) is 28.1 Å². The summed E-state index contributed by atoms with van der Waals surface area (Å²) in [6.45, 7) is 28.1. The molecule has 4 saturated heterocycles. The van der Waals surface area contributed by atoms with E-state index >= 15 is 0 Å². The van der Waals surface area contributed by atoms with Gasteiger partial charge >= 0.3 is 26.4 Å². The fourth-order valence-electron chi connectivity index (χ4n) is 7.30. The Hall–Kier alpha value is -3.19. The maximum atomic E-state index is 14.9.